The van der Waals surface area contributed by atoms with E-state index in [-0.39, 0.29) is 28.5 Å². The molecule has 0 spiro atoms. The van der Waals surface area contributed by atoms with Crippen molar-refractivity contribution in [1.29, 1.82) is 0 Å². The molecule has 336 valence electrons. The minimum absolute atomic E-state index is 0.202. The number of pyridine rings is 3. The zero-order valence-corrected chi connectivity index (χ0v) is 41.5. The summed E-state index contributed by atoms with van der Waals surface area (Å²) in [6.07, 6.45) is 5.05. The molecule has 4 aromatic carbocycles. The molecule has 0 atom stereocenters. The number of fused-ring (bicyclic) bond motifs is 3. The number of hydrogen-bond acceptors (Lipinski definition) is 12. The van der Waals surface area contributed by atoms with Gasteiger partial charge in [0.05, 0.1) is 44.6 Å². The molecule has 0 saturated carbocycles. The highest BCUT2D eigenvalue weighted by Crippen LogP contribution is 2.41. The Bertz CT molecular complexity index is 3410. The van der Waals surface area contributed by atoms with Gasteiger partial charge in [0.25, 0.3) is 5.91 Å². The maximum absolute atomic E-state index is 14.5. The van der Waals surface area contributed by atoms with Crippen molar-refractivity contribution in [1.82, 2.24) is 35.2 Å². The number of hydrogen-bond donors (Lipinski definition) is 4. The fourth-order valence-electron chi connectivity index (χ4n) is 6.38. The molecule has 6 heterocycles. The van der Waals surface area contributed by atoms with Crippen LogP contribution in [-0.2, 0) is 0 Å². The van der Waals surface area contributed by atoms with Gasteiger partial charge < -0.3 is 11.1 Å². The smallest absolute Gasteiger partial charge is 0.321 e. The molecule has 0 radical (unpaired) electrons. The van der Waals surface area contributed by atoms with E-state index >= 15 is 0 Å². The van der Waals surface area contributed by atoms with E-state index in [4.69, 9.17) is 5.73 Å². The van der Waals surface area contributed by atoms with E-state index in [0.717, 1.165) is 22.4 Å². The predicted molar refractivity (Wildman–Crippen MR) is 273 cm³/mol. The van der Waals surface area contributed by atoms with E-state index in [0.29, 0.717) is 66.4 Å². The second kappa shape index (κ2) is 21.2. The molecule has 21 heteroatoms. The van der Waals surface area contributed by atoms with E-state index in [9.17, 15) is 22.8 Å². The number of thiazole rings is 3. The first-order chi connectivity index (χ1) is 32.4. The molecule has 5 N–H and O–H groups in total. The van der Waals surface area contributed by atoms with Crippen LogP contribution in [0.5, 0.6) is 0 Å². The van der Waals surface area contributed by atoms with Crippen molar-refractivity contribution >= 4 is 140 Å². The minimum atomic E-state index is -0.462. The summed E-state index contributed by atoms with van der Waals surface area (Å²) in [5.41, 5.74) is 11.4. The van der Waals surface area contributed by atoms with Gasteiger partial charge in [-0.05, 0) is 121 Å². The number of nitrogens with zero attached hydrogens (tertiary/aromatic N) is 6. The number of aromatic nitrogens is 6. The zero-order chi connectivity index (χ0) is 47.2. The summed E-state index contributed by atoms with van der Waals surface area (Å²) < 4.78 is 45.8. The number of carbonyl (C=O) groups excluding carboxylic acids is 2. The second-order valence-electron chi connectivity index (χ2n) is 13.7. The molecule has 0 unspecified atom stereocenters. The van der Waals surface area contributed by atoms with Crippen LogP contribution in [0.3, 0.4) is 0 Å². The number of benzene rings is 4. The summed E-state index contributed by atoms with van der Waals surface area (Å²) in [5.74, 6) is -1.60. The van der Waals surface area contributed by atoms with Crippen molar-refractivity contribution in [3.05, 3.63) is 158 Å². The van der Waals surface area contributed by atoms with Crippen LogP contribution in [0.2, 0.25) is 0 Å². The molecule has 12 nitrogen and oxygen atoms in total. The molecule has 6 aromatic heterocycles. The number of nitrogens with two attached hydrogens (primary N) is 1. The topological polar surface area (TPSA) is 174 Å². The summed E-state index contributed by atoms with van der Waals surface area (Å²) in [6.45, 7) is 2.31. The lowest BCUT2D eigenvalue weighted by molar-refractivity contribution is 0.102. The Balaban J connectivity index is 0.000000138. The SMILES string of the molecule is CCNC(=O)Nc1nc2c(F)c(Br)cc(-c3ccccn3)c2s1.Nc1nc2c(F)c(Br)cc(-c3ccccn3)c2s1.O=C(Nc1nc2c(F)c(Br)cc(-c3ccccn3)c2s1)c1ccccc1. The van der Waals surface area contributed by atoms with E-state index in [1.807, 2.05) is 67.6 Å². The molecule has 0 aliphatic rings. The summed E-state index contributed by atoms with van der Waals surface area (Å²) >= 11 is 13.3. The Labute approximate surface area is 416 Å². The second-order valence-corrected chi connectivity index (χ2v) is 19.3. The first-order valence-corrected chi connectivity index (χ1v) is 24.5. The lowest BCUT2D eigenvalue weighted by atomic mass is 10.1. The molecule has 10 rings (SSSR count). The minimum Gasteiger partial charge on any atom is -0.375 e. The average molecular weight is 1150 g/mol. The fourth-order valence-corrected chi connectivity index (χ4v) is 10.4. The molecule has 3 amide bonds. The summed E-state index contributed by atoms with van der Waals surface area (Å²) in [7, 11) is 0. The number of carbonyl (C=O) groups is 2. The van der Waals surface area contributed by atoms with Crippen LogP contribution in [0.4, 0.5) is 33.4 Å². The van der Waals surface area contributed by atoms with Gasteiger partial charge in [0.1, 0.15) is 16.6 Å². The molecule has 0 fully saturated rings. The first kappa shape index (κ1) is 47.3. The third-order valence-electron chi connectivity index (χ3n) is 9.33. The number of amides is 3. The van der Waals surface area contributed by atoms with Crippen LogP contribution in [0.1, 0.15) is 17.3 Å². The normalized spacial score (nSPS) is 10.9. The molecule has 0 bridgehead atoms. The van der Waals surface area contributed by atoms with Crippen molar-refractivity contribution in [3.8, 4) is 33.8 Å². The van der Waals surface area contributed by atoms with Crippen LogP contribution in [0.15, 0.2) is 135 Å². The molecule has 0 aliphatic heterocycles. The van der Waals surface area contributed by atoms with Crippen molar-refractivity contribution < 1.29 is 22.8 Å². The summed E-state index contributed by atoms with van der Waals surface area (Å²) in [5, 5.41) is 8.98. The van der Waals surface area contributed by atoms with Crippen LogP contribution in [0, 0.1) is 17.5 Å². The maximum Gasteiger partial charge on any atom is 0.321 e. The summed E-state index contributed by atoms with van der Waals surface area (Å²) in [6, 6.07) is 30.1. The van der Waals surface area contributed by atoms with Crippen LogP contribution in [-0.4, -0.2) is 48.4 Å². The first-order valence-electron chi connectivity index (χ1n) is 19.7. The van der Waals surface area contributed by atoms with Gasteiger partial charge in [0.15, 0.2) is 32.8 Å². The highest BCUT2D eigenvalue weighted by molar-refractivity contribution is 9.11. The van der Waals surface area contributed by atoms with Gasteiger partial charge in [-0.3, -0.25) is 30.4 Å². The number of nitrogen functional groups attached to an aromatic ring is 1. The molecular formula is C46H30Br3F3N10O2S3. The molecule has 0 saturated heterocycles. The van der Waals surface area contributed by atoms with E-state index < -0.39 is 17.5 Å². The highest BCUT2D eigenvalue weighted by Gasteiger charge is 2.21. The van der Waals surface area contributed by atoms with E-state index in [2.05, 4.69) is 93.6 Å². The van der Waals surface area contributed by atoms with Crippen molar-refractivity contribution in [2.24, 2.45) is 0 Å². The van der Waals surface area contributed by atoms with Crippen molar-refractivity contribution in [2.45, 2.75) is 6.92 Å². The van der Waals surface area contributed by atoms with Gasteiger partial charge in [0, 0.05) is 47.4 Å². The molecule has 10 aromatic rings. The molecular weight excluding hydrogens is 1120 g/mol. The van der Waals surface area contributed by atoms with Gasteiger partial charge in [-0.15, -0.1) is 0 Å². The Morgan fingerprint density at radius 3 is 1.39 bits per heavy atom. The van der Waals surface area contributed by atoms with E-state index in [1.165, 1.54) is 34.0 Å². The van der Waals surface area contributed by atoms with Gasteiger partial charge in [-0.1, -0.05) is 70.4 Å². The van der Waals surface area contributed by atoms with Gasteiger partial charge in [0.2, 0.25) is 0 Å². The standard InChI is InChI=1S/C19H11BrFN3OS.C15H12BrFN4OS.C12H7BrFN3S/c20-13-10-12(14-8-4-5-9-22-14)17-16(15(13)21)23-19(26-17)24-18(25)11-6-2-1-3-7-11;1-2-18-14(22)21-15-20-12-11(17)9(16)7-8(13(12)23-15)10-5-3-4-6-19-10;13-7-5-6(8-3-1-2-4-16-8)11-10(9(7)14)17-12(15)18-11/h1-10H,(H,23,24,25);3-7H,2H2,1H3,(H2,18,20,21,22);1-5H,(H2,15,17). The van der Waals surface area contributed by atoms with Crippen LogP contribution >= 0.6 is 81.8 Å². The number of nitrogens with one attached hydrogen (secondary N) is 3. The number of anilines is 3. The van der Waals surface area contributed by atoms with Gasteiger partial charge >= 0.3 is 6.03 Å². The maximum atomic E-state index is 14.5. The van der Waals surface area contributed by atoms with Crippen LogP contribution < -0.4 is 21.7 Å². The lowest BCUT2D eigenvalue weighted by Crippen LogP contribution is -2.28. The Morgan fingerprint density at radius 1 is 0.567 bits per heavy atom. The third kappa shape index (κ3) is 10.7. The van der Waals surface area contributed by atoms with Crippen LogP contribution in [0.25, 0.3) is 64.4 Å². The monoisotopic (exact) mass is 1140 g/mol. The quantitative estimate of drug-likeness (QED) is 0.121. The number of rotatable bonds is 7. The van der Waals surface area contributed by atoms with Crippen molar-refractivity contribution in [2.75, 3.05) is 22.9 Å². The summed E-state index contributed by atoms with van der Waals surface area (Å²) in [4.78, 5) is 49.4. The molecule has 0 aliphatic carbocycles. The lowest BCUT2D eigenvalue weighted by Gasteiger charge is -2.04. The predicted octanol–water partition coefficient (Wildman–Crippen LogP) is 13.8. The Kier molecular flexibility index (Phi) is 14.9. The Morgan fingerprint density at radius 2 is 0.970 bits per heavy atom. The number of urea groups is 1. The fraction of sp³-hybridized carbons (Fsp3) is 0.0435. The largest absolute Gasteiger partial charge is 0.375 e. The van der Waals surface area contributed by atoms with Crippen molar-refractivity contribution in [3.63, 3.8) is 0 Å². The van der Waals surface area contributed by atoms with Gasteiger partial charge in [-0.2, -0.15) is 0 Å². The third-order valence-corrected chi connectivity index (χ3v) is 14.0. The Hall–Kier alpha value is -6.23. The number of halogens is 6. The van der Waals surface area contributed by atoms with E-state index in [1.54, 1.807) is 61.1 Å². The van der Waals surface area contributed by atoms with Gasteiger partial charge in [-0.25, -0.2) is 32.9 Å². The average Bonchev–Trinajstić information content (AvgIpc) is 4.09. The highest BCUT2D eigenvalue weighted by atomic mass is 79.9. The zero-order valence-electron chi connectivity index (χ0n) is 34.3. The molecule has 67 heavy (non-hydrogen) atoms.